The van der Waals surface area contributed by atoms with E-state index in [0.717, 1.165) is 31.2 Å². The first-order valence-electron chi connectivity index (χ1n) is 14.2. The molecule has 0 radical (unpaired) electrons. The van der Waals surface area contributed by atoms with Gasteiger partial charge < -0.3 is 9.47 Å². The maximum absolute atomic E-state index is 12.9. The Balaban J connectivity index is 1.89. The molecule has 0 spiro atoms. The van der Waals surface area contributed by atoms with Gasteiger partial charge >= 0.3 is 13.8 Å². The van der Waals surface area contributed by atoms with Crippen LogP contribution >= 0.6 is 7.82 Å². The highest BCUT2D eigenvalue weighted by molar-refractivity contribution is 7.48. The van der Waals surface area contributed by atoms with Gasteiger partial charge in [0.05, 0.1) is 19.8 Å². The lowest BCUT2D eigenvalue weighted by atomic mass is 10.1. The quantitative estimate of drug-likeness (QED) is 0.0747. The lowest BCUT2D eigenvalue weighted by Gasteiger charge is -2.16. The van der Waals surface area contributed by atoms with E-state index >= 15 is 0 Å². The molecule has 2 rings (SSSR count). The van der Waals surface area contributed by atoms with Crippen LogP contribution in [0.4, 0.5) is 0 Å². The first-order chi connectivity index (χ1) is 19.7. The van der Waals surface area contributed by atoms with Gasteiger partial charge in [-0.1, -0.05) is 53.1 Å². The minimum absolute atomic E-state index is 0.0291. The number of phosphoric acid groups is 1. The molecule has 0 heterocycles. The molecule has 0 unspecified atom stereocenters. The van der Waals surface area contributed by atoms with Crippen molar-refractivity contribution in [2.45, 2.75) is 73.8 Å². The predicted molar refractivity (Wildman–Crippen MR) is 164 cm³/mol. The molecule has 0 bridgehead atoms. The van der Waals surface area contributed by atoms with Gasteiger partial charge in [-0.2, -0.15) is 0 Å². The average molecular weight is 585 g/mol. The van der Waals surface area contributed by atoms with Gasteiger partial charge in [0.2, 0.25) is 0 Å². The Morgan fingerprint density at radius 2 is 1.39 bits per heavy atom. The molecule has 0 aliphatic rings. The Morgan fingerprint density at radius 3 is 2.02 bits per heavy atom. The number of esters is 1. The summed E-state index contributed by atoms with van der Waals surface area (Å²) >= 11 is 0. The molecular formula is C33H45O7P. The predicted octanol–water partition coefficient (Wildman–Crippen LogP) is 9.40. The van der Waals surface area contributed by atoms with Crippen molar-refractivity contribution in [3.05, 3.63) is 94.6 Å². The minimum atomic E-state index is -3.61. The van der Waals surface area contributed by atoms with Crippen molar-refractivity contribution >= 4 is 13.8 Å². The summed E-state index contributed by atoms with van der Waals surface area (Å²) in [6.45, 7) is 12.8. The van der Waals surface area contributed by atoms with Crippen LogP contribution in [0.5, 0.6) is 11.5 Å². The van der Waals surface area contributed by atoms with Crippen LogP contribution in [-0.2, 0) is 24.7 Å². The lowest BCUT2D eigenvalue weighted by Crippen LogP contribution is -2.11. The van der Waals surface area contributed by atoms with Crippen molar-refractivity contribution in [2.75, 3.05) is 19.8 Å². The molecular weight excluding hydrogens is 539 g/mol. The fourth-order valence-electron chi connectivity index (χ4n) is 3.77. The van der Waals surface area contributed by atoms with Crippen LogP contribution in [0.15, 0.2) is 83.5 Å². The molecule has 0 fully saturated rings. The van der Waals surface area contributed by atoms with E-state index in [4.69, 9.17) is 23.0 Å². The molecule has 7 nitrogen and oxygen atoms in total. The maximum atomic E-state index is 12.9. The number of benzene rings is 2. The summed E-state index contributed by atoms with van der Waals surface area (Å²) in [5.41, 5.74) is 5.08. The van der Waals surface area contributed by atoms with E-state index in [0.29, 0.717) is 23.7 Å². The van der Waals surface area contributed by atoms with Crippen LogP contribution in [0.2, 0.25) is 0 Å². The van der Waals surface area contributed by atoms with Gasteiger partial charge in [0.25, 0.3) is 0 Å². The summed E-state index contributed by atoms with van der Waals surface area (Å²) in [5, 5.41) is 0. The number of carbonyl (C=O) groups excluding carboxylic acids is 1. The summed E-state index contributed by atoms with van der Waals surface area (Å²) in [6, 6.07) is 13.8. The number of phosphoric ester groups is 1. The van der Waals surface area contributed by atoms with Gasteiger partial charge in [-0.15, -0.1) is 0 Å². The zero-order valence-corrected chi connectivity index (χ0v) is 26.2. The number of carbonyl (C=O) groups is 1. The zero-order chi connectivity index (χ0) is 30.1. The molecule has 0 saturated carbocycles. The summed E-state index contributed by atoms with van der Waals surface area (Å²) in [7, 11) is -3.61. The molecule has 0 atom stereocenters. The van der Waals surface area contributed by atoms with E-state index in [2.05, 4.69) is 39.8 Å². The number of para-hydroxylation sites is 1. The molecule has 224 valence electrons. The third-order valence-electron chi connectivity index (χ3n) is 6.00. The second-order valence-corrected chi connectivity index (χ2v) is 11.5. The number of allylic oxidation sites excluding steroid dienone is 5. The topological polar surface area (TPSA) is 80.3 Å². The highest BCUT2D eigenvalue weighted by Gasteiger charge is 2.25. The molecule has 0 aromatic heterocycles. The fraction of sp³-hybridized carbons (Fsp3) is 0.424. The van der Waals surface area contributed by atoms with Crippen molar-refractivity contribution in [3.8, 4) is 11.5 Å². The van der Waals surface area contributed by atoms with Crippen molar-refractivity contribution in [3.63, 3.8) is 0 Å². The highest BCUT2D eigenvalue weighted by Crippen LogP contribution is 2.49. The molecule has 0 aliphatic carbocycles. The Labute approximate surface area is 245 Å². The van der Waals surface area contributed by atoms with Crippen LogP contribution in [-0.4, -0.2) is 25.8 Å². The van der Waals surface area contributed by atoms with Gasteiger partial charge in [0, 0.05) is 0 Å². The normalized spacial score (nSPS) is 12.2. The SMILES string of the molecule is CCOP(=O)(OCC)OCc1ccc(OC(=O)c2ccccc2OC/C=C(\C)CC/C=C(\C)CCC=C(C)C)cc1. The minimum Gasteiger partial charge on any atom is -0.489 e. The second-order valence-electron chi connectivity index (χ2n) is 9.86. The highest BCUT2D eigenvalue weighted by atomic mass is 31.2. The standard InChI is InChI=1S/C33H45O7P/c1-7-37-41(35,38-8-2)39-25-29-19-21-30(22-20-29)40-33(34)31-17-9-10-18-32(31)36-24-23-28(6)16-12-15-27(5)14-11-13-26(3)4/h9-10,13,15,17-23H,7-8,11-12,14,16,24-25H2,1-6H3/b27-15+,28-23+. The van der Waals surface area contributed by atoms with Gasteiger partial charge in [0.1, 0.15) is 23.7 Å². The summed E-state index contributed by atoms with van der Waals surface area (Å²) in [4.78, 5) is 12.9. The molecule has 41 heavy (non-hydrogen) atoms. The van der Waals surface area contributed by atoms with Crippen molar-refractivity contribution < 1.29 is 32.4 Å². The average Bonchev–Trinajstić information content (AvgIpc) is 2.93. The van der Waals surface area contributed by atoms with E-state index in [1.54, 1.807) is 56.3 Å². The first-order valence-corrected chi connectivity index (χ1v) is 15.6. The van der Waals surface area contributed by atoms with Crippen LogP contribution in [0.3, 0.4) is 0 Å². The van der Waals surface area contributed by atoms with Crippen LogP contribution in [0, 0.1) is 0 Å². The Kier molecular flexibility index (Phi) is 15.4. The Bertz CT molecular complexity index is 1210. The van der Waals surface area contributed by atoms with Crippen LogP contribution in [0.25, 0.3) is 0 Å². The summed E-state index contributed by atoms with van der Waals surface area (Å²) < 4.78 is 39.6. The molecule has 8 heteroatoms. The Hall–Kier alpha value is -2.96. The smallest absolute Gasteiger partial charge is 0.475 e. The number of hydrogen-bond donors (Lipinski definition) is 0. The van der Waals surface area contributed by atoms with Gasteiger partial charge in [0.15, 0.2) is 0 Å². The second kappa shape index (κ2) is 18.5. The van der Waals surface area contributed by atoms with E-state index in [1.165, 1.54) is 16.7 Å². The summed E-state index contributed by atoms with van der Waals surface area (Å²) in [6.07, 6.45) is 10.8. The van der Waals surface area contributed by atoms with E-state index in [1.807, 2.05) is 12.1 Å². The van der Waals surface area contributed by atoms with Crippen LogP contribution in [0.1, 0.15) is 83.1 Å². The lowest BCUT2D eigenvalue weighted by molar-refractivity contribution is 0.0730. The Morgan fingerprint density at radius 1 is 0.780 bits per heavy atom. The van der Waals surface area contributed by atoms with E-state index in [9.17, 15) is 9.36 Å². The van der Waals surface area contributed by atoms with Crippen LogP contribution < -0.4 is 9.47 Å². The van der Waals surface area contributed by atoms with Gasteiger partial charge in [-0.3, -0.25) is 13.6 Å². The van der Waals surface area contributed by atoms with Crippen molar-refractivity contribution in [1.29, 1.82) is 0 Å². The van der Waals surface area contributed by atoms with Gasteiger partial charge in [-0.05, 0) is 103 Å². The van der Waals surface area contributed by atoms with Crippen molar-refractivity contribution in [2.24, 2.45) is 0 Å². The maximum Gasteiger partial charge on any atom is 0.475 e. The molecule has 0 aliphatic heterocycles. The third kappa shape index (κ3) is 13.5. The molecule has 2 aromatic carbocycles. The van der Waals surface area contributed by atoms with E-state index in [-0.39, 0.29) is 19.8 Å². The molecule has 0 N–H and O–H groups in total. The molecule has 0 saturated heterocycles. The van der Waals surface area contributed by atoms with E-state index < -0.39 is 13.8 Å². The largest absolute Gasteiger partial charge is 0.489 e. The molecule has 0 amide bonds. The summed E-state index contributed by atoms with van der Waals surface area (Å²) in [5.74, 6) is 0.312. The number of hydrogen-bond acceptors (Lipinski definition) is 7. The van der Waals surface area contributed by atoms with Crippen molar-refractivity contribution in [1.82, 2.24) is 0 Å². The first kappa shape index (κ1) is 34.2. The number of rotatable bonds is 18. The number of ether oxygens (including phenoxy) is 2. The fourth-order valence-corrected chi connectivity index (χ4v) is 4.93. The third-order valence-corrected chi connectivity index (χ3v) is 7.59. The monoisotopic (exact) mass is 584 g/mol. The zero-order valence-electron chi connectivity index (χ0n) is 25.3. The van der Waals surface area contributed by atoms with Gasteiger partial charge in [-0.25, -0.2) is 9.36 Å². The molecule has 2 aromatic rings.